The Kier molecular flexibility index (Phi) is 6.86. The third kappa shape index (κ3) is 4.79. The van der Waals surface area contributed by atoms with Crippen LogP contribution in [0.25, 0.3) is 0 Å². The van der Waals surface area contributed by atoms with Crippen LogP contribution in [0.3, 0.4) is 0 Å². The molecule has 1 aromatic carbocycles. The number of hydrogen-bond donors (Lipinski definition) is 2. The van der Waals surface area contributed by atoms with Crippen molar-refractivity contribution in [3.05, 3.63) is 74.9 Å². The van der Waals surface area contributed by atoms with E-state index in [1.54, 1.807) is 31.5 Å². The number of nitrogens with zero attached hydrogens (tertiary/aromatic N) is 4. The molecule has 5 rings (SSSR count). The van der Waals surface area contributed by atoms with Crippen LogP contribution in [0.15, 0.2) is 36.7 Å². The minimum absolute atomic E-state index is 0.0753. The number of anilines is 2. The first-order chi connectivity index (χ1) is 17.6. The molecule has 1 unspecified atom stereocenters. The van der Waals surface area contributed by atoms with Gasteiger partial charge >= 0.3 is 0 Å². The molecule has 0 saturated carbocycles. The molecular weight excluding hydrogens is 538 g/mol. The summed E-state index contributed by atoms with van der Waals surface area (Å²) in [6.45, 7) is 5.19. The number of nitrogens with one attached hydrogen (secondary N) is 1. The van der Waals surface area contributed by atoms with Crippen LogP contribution >= 0.6 is 23.2 Å². The van der Waals surface area contributed by atoms with Crippen molar-refractivity contribution in [1.29, 1.82) is 5.41 Å². The van der Waals surface area contributed by atoms with Crippen molar-refractivity contribution < 1.29 is 13.3 Å². The molecule has 0 amide bonds. The number of aromatic nitrogens is 2. The zero-order valence-corrected chi connectivity index (χ0v) is 22.6. The van der Waals surface area contributed by atoms with E-state index in [0.29, 0.717) is 28.1 Å². The van der Waals surface area contributed by atoms with Crippen LogP contribution in [-0.4, -0.2) is 56.6 Å². The molecule has 3 N–H and O–H groups in total. The number of hydrogen-bond acceptors (Lipinski definition) is 7. The summed E-state index contributed by atoms with van der Waals surface area (Å²) in [4.78, 5) is 10.3. The molecule has 4 heterocycles. The third-order valence-electron chi connectivity index (χ3n) is 6.90. The average molecular weight is 563 g/mol. The highest BCUT2D eigenvalue weighted by Crippen LogP contribution is 2.42. The summed E-state index contributed by atoms with van der Waals surface area (Å²) in [6, 6.07) is 7.11. The maximum atomic E-state index is 13.8. The topological polar surface area (TPSA) is 108 Å². The number of benzene rings is 1. The van der Waals surface area contributed by atoms with Gasteiger partial charge in [0.25, 0.3) is 0 Å². The van der Waals surface area contributed by atoms with E-state index in [4.69, 9.17) is 39.1 Å². The summed E-state index contributed by atoms with van der Waals surface area (Å²) in [5, 5.41) is 8.82. The van der Waals surface area contributed by atoms with Crippen molar-refractivity contribution in [3.8, 4) is 5.75 Å². The second kappa shape index (κ2) is 9.83. The Morgan fingerprint density at radius 2 is 1.92 bits per heavy atom. The molecule has 12 heteroatoms. The number of pyridine rings is 2. The molecule has 37 heavy (non-hydrogen) atoms. The SMILES string of the molecule is Cc1c(OCc2c(Cl)cnc(F)c2Cl)ccc(N)c1C(=N)c1ccc(N2CC3(C2)CN(S(C)=O)C3)nc1. The van der Waals surface area contributed by atoms with Gasteiger partial charge in [0.05, 0.1) is 21.7 Å². The minimum Gasteiger partial charge on any atom is -0.488 e. The fourth-order valence-corrected chi connectivity index (χ4v) is 6.20. The molecule has 2 aromatic heterocycles. The predicted octanol–water partition coefficient (Wildman–Crippen LogP) is 4.22. The second-order valence-electron chi connectivity index (χ2n) is 9.49. The fourth-order valence-electron chi connectivity index (χ4n) is 4.84. The van der Waals surface area contributed by atoms with E-state index in [1.807, 2.05) is 16.4 Å². The van der Waals surface area contributed by atoms with Gasteiger partial charge in [-0.3, -0.25) is 5.41 Å². The summed E-state index contributed by atoms with van der Waals surface area (Å²) in [6.07, 6.45) is 4.56. The van der Waals surface area contributed by atoms with Gasteiger partial charge < -0.3 is 15.4 Å². The van der Waals surface area contributed by atoms with Crippen LogP contribution in [0.2, 0.25) is 10.0 Å². The number of halogens is 3. The van der Waals surface area contributed by atoms with Crippen molar-refractivity contribution >= 4 is 51.4 Å². The summed E-state index contributed by atoms with van der Waals surface area (Å²) in [7, 11) is -0.913. The van der Waals surface area contributed by atoms with Gasteiger partial charge in [0, 0.05) is 78.2 Å². The van der Waals surface area contributed by atoms with Crippen LogP contribution in [0.1, 0.15) is 22.3 Å². The van der Waals surface area contributed by atoms with Crippen molar-refractivity contribution in [1.82, 2.24) is 14.3 Å². The van der Waals surface area contributed by atoms with Gasteiger partial charge in [-0.05, 0) is 31.2 Å². The summed E-state index contributed by atoms with van der Waals surface area (Å²) in [5.41, 5.74) is 9.18. The van der Waals surface area contributed by atoms with Gasteiger partial charge in [-0.15, -0.1) is 0 Å². The molecular formula is C25H25Cl2FN6O2S. The fraction of sp³-hybridized carbons (Fsp3) is 0.320. The summed E-state index contributed by atoms with van der Waals surface area (Å²) >= 11 is 12.1. The number of nitrogen functional groups attached to an aromatic ring is 1. The van der Waals surface area contributed by atoms with Gasteiger partial charge in [-0.25, -0.2) is 18.5 Å². The van der Waals surface area contributed by atoms with E-state index < -0.39 is 16.9 Å². The lowest BCUT2D eigenvalue weighted by Gasteiger charge is -2.59. The largest absolute Gasteiger partial charge is 0.488 e. The van der Waals surface area contributed by atoms with E-state index in [1.165, 1.54) is 6.20 Å². The van der Waals surface area contributed by atoms with E-state index in [9.17, 15) is 8.60 Å². The Morgan fingerprint density at radius 3 is 2.57 bits per heavy atom. The molecule has 2 fully saturated rings. The highest BCUT2D eigenvalue weighted by molar-refractivity contribution is 7.81. The normalized spacial score (nSPS) is 17.3. The first-order valence-corrected chi connectivity index (χ1v) is 13.7. The quantitative estimate of drug-likeness (QED) is 0.253. The van der Waals surface area contributed by atoms with Crippen LogP contribution in [0.4, 0.5) is 15.9 Å². The van der Waals surface area contributed by atoms with Crippen molar-refractivity contribution in [2.45, 2.75) is 13.5 Å². The molecule has 3 aromatic rings. The minimum atomic E-state index is -0.913. The lowest BCUT2D eigenvalue weighted by Crippen LogP contribution is -2.72. The monoisotopic (exact) mass is 562 g/mol. The average Bonchev–Trinajstić information content (AvgIpc) is 2.81. The van der Waals surface area contributed by atoms with Gasteiger partial charge in [0.15, 0.2) is 0 Å². The van der Waals surface area contributed by atoms with E-state index >= 15 is 0 Å². The van der Waals surface area contributed by atoms with E-state index in [0.717, 1.165) is 32.0 Å². The van der Waals surface area contributed by atoms with Crippen LogP contribution in [-0.2, 0) is 17.6 Å². The van der Waals surface area contributed by atoms with Crippen molar-refractivity contribution in [2.24, 2.45) is 5.41 Å². The summed E-state index contributed by atoms with van der Waals surface area (Å²) in [5.74, 6) is 0.493. The molecule has 0 radical (unpaired) electrons. The molecule has 1 spiro atoms. The molecule has 2 aliphatic rings. The standard InChI is InChI=1S/C25H25Cl2FN6O2S/c1-14-19(36-9-16-17(26)8-32-24(28)22(16)27)5-4-18(29)21(14)23(30)15-3-6-20(31-7-15)33-10-25(11-33)12-34(13-25)37(2)35/h3-8,30H,9-13,29H2,1-2H3. The molecule has 0 bridgehead atoms. The van der Waals surface area contributed by atoms with Crippen LogP contribution in [0, 0.1) is 23.7 Å². The zero-order valence-electron chi connectivity index (χ0n) is 20.2. The van der Waals surface area contributed by atoms with Crippen LogP contribution < -0.4 is 15.4 Å². The van der Waals surface area contributed by atoms with Crippen LogP contribution in [0.5, 0.6) is 5.75 Å². The van der Waals surface area contributed by atoms with Crippen molar-refractivity contribution in [2.75, 3.05) is 43.1 Å². The maximum absolute atomic E-state index is 13.8. The van der Waals surface area contributed by atoms with Crippen molar-refractivity contribution in [3.63, 3.8) is 0 Å². The molecule has 2 aliphatic heterocycles. The molecule has 194 valence electrons. The second-order valence-corrected chi connectivity index (χ2v) is 11.6. The Bertz CT molecular complexity index is 1410. The van der Waals surface area contributed by atoms with Gasteiger partial charge in [0.1, 0.15) is 23.2 Å². The zero-order chi connectivity index (χ0) is 26.5. The summed E-state index contributed by atoms with van der Waals surface area (Å²) < 4.78 is 33.2. The van der Waals surface area contributed by atoms with E-state index in [2.05, 4.69) is 14.9 Å². The number of ether oxygens (including phenoxy) is 1. The third-order valence-corrected chi connectivity index (χ3v) is 8.59. The van der Waals surface area contributed by atoms with Gasteiger partial charge in [-0.1, -0.05) is 23.2 Å². The highest BCUT2D eigenvalue weighted by Gasteiger charge is 2.53. The first-order valence-electron chi connectivity index (χ1n) is 11.5. The lowest BCUT2D eigenvalue weighted by molar-refractivity contribution is 0.0434. The first kappa shape index (κ1) is 25.8. The van der Waals surface area contributed by atoms with Gasteiger partial charge in [0.2, 0.25) is 5.95 Å². The number of rotatable bonds is 7. The maximum Gasteiger partial charge on any atom is 0.232 e. The van der Waals surface area contributed by atoms with E-state index in [-0.39, 0.29) is 33.3 Å². The highest BCUT2D eigenvalue weighted by atomic mass is 35.5. The Morgan fingerprint density at radius 1 is 1.19 bits per heavy atom. The smallest absolute Gasteiger partial charge is 0.232 e. The molecule has 2 saturated heterocycles. The molecule has 0 aliphatic carbocycles. The Labute approximate surface area is 226 Å². The Balaban J connectivity index is 1.29. The Hall–Kier alpha value is -2.79. The lowest BCUT2D eigenvalue weighted by atomic mass is 9.74. The molecule has 8 nitrogen and oxygen atoms in total. The number of nitrogens with two attached hydrogens (primary N) is 1. The predicted molar refractivity (Wildman–Crippen MR) is 145 cm³/mol. The molecule has 1 atom stereocenters. The van der Waals surface area contributed by atoms with Gasteiger partial charge in [-0.2, -0.15) is 4.39 Å².